The van der Waals surface area contributed by atoms with Crippen LogP contribution in [0.1, 0.15) is 24.3 Å². The standard InChI is InChI=1S/C12H15N3OS/c1-8-6-17-7-10(8)12-14-11(16-15-12)5-13-4-9-2-3-9/h6-7,9,13H,2-5H2,1H3. The second kappa shape index (κ2) is 4.58. The van der Waals surface area contributed by atoms with E-state index in [0.717, 1.165) is 18.0 Å². The highest BCUT2D eigenvalue weighted by Gasteiger charge is 2.20. The molecule has 0 spiro atoms. The molecule has 0 radical (unpaired) electrons. The number of rotatable bonds is 5. The van der Waals surface area contributed by atoms with Crippen molar-refractivity contribution < 1.29 is 4.52 Å². The predicted molar refractivity (Wildman–Crippen MR) is 66.8 cm³/mol. The van der Waals surface area contributed by atoms with Gasteiger partial charge in [0, 0.05) is 10.9 Å². The molecule has 1 N–H and O–H groups in total. The summed E-state index contributed by atoms with van der Waals surface area (Å²) in [5, 5.41) is 11.5. The van der Waals surface area contributed by atoms with E-state index in [4.69, 9.17) is 4.52 Å². The van der Waals surface area contributed by atoms with Gasteiger partial charge in [0.05, 0.1) is 6.54 Å². The van der Waals surface area contributed by atoms with Gasteiger partial charge >= 0.3 is 0 Å². The summed E-state index contributed by atoms with van der Waals surface area (Å²) < 4.78 is 5.23. The van der Waals surface area contributed by atoms with Crippen molar-refractivity contribution in [3.8, 4) is 11.4 Å². The molecule has 3 rings (SSSR count). The maximum absolute atomic E-state index is 5.23. The predicted octanol–water partition coefficient (Wildman–Crippen LogP) is 2.61. The largest absolute Gasteiger partial charge is 0.338 e. The Labute approximate surface area is 104 Å². The fraction of sp³-hybridized carbons (Fsp3) is 0.500. The molecule has 1 aliphatic rings. The quantitative estimate of drug-likeness (QED) is 0.885. The van der Waals surface area contributed by atoms with Gasteiger partial charge in [0.15, 0.2) is 0 Å². The van der Waals surface area contributed by atoms with Crippen LogP contribution in [0.4, 0.5) is 0 Å². The minimum absolute atomic E-state index is 0.672. The summed E-state index contributed by atoms with van der Waals surface area (Å²) in [6, 6.07) is 0. The molecule has 0 atom stereocenters. The Hall–Kier alpha value is -1.20. The van der Waals surface area contributed by atoms with Crippen molar-refractivity contribution in [2.45, 2.75) is 26.3 Å². The molecular weight excluding hydrogens is 234 g/mol. The molecule has 0 amide bonds. The van der Waals surface area contributed by atoms with Crippen LogP contribution in [0.5, 0.6) is 0 Å². The molecule has 0 aliphatic heterocycles. The minimum atomic E-state index is 0.672. The van der Waals surface area contributed by atoms with Crippen LogP contribution < -0.4 is 5.32 Å². The maximum atomic E-state index is 5.23. The van der Waals surface area contributed by atoms with Gasteiger partial charge in [-0.3, -0.25) is 0 Å². The van der Waals surface area contributed by atoms with Gasteiger partial charge in [0.1, 0.15) is 0 Å². The fourth-order valence-electron chi connectivity index (χ4n) is 1.73. The molecule has 1 fully saturated rings. The van der Waals surface area contributed by atoms with Crippen LogP contribution in [0.3, 0.4) is 0 Å². The lowest BCUT2D eigenvalue weighted by molar-refractivity contribution is 0.367. The zero-order valence-electron chi connectivity index (χ0n) is 9.77. The van der Waals surface area contributed by atoms with E-state index >= 15 is 0 Å². The van der Waals surface area contributed by atoms with Crippen molar-refractivity contribution in [2.75, 3.05) is 6.54 Å². The molecule has 1 aliphatic carbocycles. The van der Waals surface area contributed by atoms with Crippen LogP contribution in [0, 0.1) is 12.8 Å². The van der Waals surface area contributed by atoms with Crippen LogP contribution in [-0.4, -0.2) is 16.7 Å². The van der Waals surface area contributed by atoms with Crippen molar-refractivity contribution >= 4 is 11.3 Å². The van der Waals surface area contributed by atoms with Gasteiger partial charge in [-0.25, -0.2) is 0 Å². The molecule has 0 saturated heterocycles. The molecule has 4 nitrogen and oxygen atoms in total. The Bertz CT molecular complexity index is 501. The molecular formula is C12H15N3OS. The number of hydrogen-bond acceptors (Lipinski definition) is 5. The number of aromatic nitrogens is 2. The van der Waals surface area contributed by atoms with Crippen molar-refractivity contribution in [1.29, 1.82) is 0 Å². The number of aryl methyl sites for hydroxylation is 1. The fourth-order valence-corrected chi connectivity index (χ4v) is 2.56. The minimum Gasteiger partial charge on any atom is -0.338 e. The molecule has 2 aromatic heterocycles. The third kappa shape index (κ3) is 2.56. The first-order valence-electron chi connectivity index (χ1n) is 5.89. The number of nitrogens with zero attached hydrogens (tertiary/aromatic N) is 2. The van der Waals surface area contributed by atoms with Crippen molar-refractivity contribution in [1.82, 2.24) is 15.5 Å². The second-order valence-electron chi connectivity index (χ2n) is 4.55. The topological polar surface area (TPSA) is 51.0 Å². The van der Waals surface area contributed by atoms with E-state index in [9.17, 15) is 0 Å². The van der Waals surface area contributed by atoms with Gasteiger partial charge in [0.25, 0.3) is 0 Å². The number of hydrogen-bond donors (Lipinski definition) is 1. The SMILES string of the molecule is Cc1cscc1-c1noc(CNCC2CC2)n1. The van der Waals surface area contributed by atoms with Gasteiger partial charge in [-0.15, -0.1) is 0 Å². The van der Waals surface area contributed by atoms with E-state index in [1.807, 2.05) is 0 Å². The van der Waals surface area contributed by atoms with E-state index in [1.165, 1.54) is 18.4 Å². The molecule has 2 aromatic rings. The summed E-state index contributed by atoms with van der Waals surface area (Å²) in [4.78, 5) is 4.40. The van der Waals surface area contributed by atoms with Gasteiger partial charge in [-0.2, -0.15) is 16.3 Å². The maximum Gasteiger partial charge on any atom is 0.240 e. The van der Waals surface area contributed by atoms with Crippen molar-refractivity contribution in [2.24, 2.45) is 5.92 Å². The smallest absolute Gasteiger partial charge is 0.240 e. The van der Waals surface area contributed by atoms with Gasteiger partial charge in [0.2, 0.25) is 11.7 Å². The van der Waals surface area contributed by atoms with Crippen molar-refractivity contribution in [3.05, 3.63) is 22.2 Å². The molecule has 17 heavy (non-hydrogen) atoms. The first-order chi connectivity index (χ1) is 8.33. The second-order valence-corrected chi connectivity index (χ2v) is 5.30. The normalized spacial score (nSPS) is 15.4. The van der Waals surface area contributed by atoms with Gasteiger partial charge in [-0.05, 0) is 43.2 Å². The Morgan fingerprint density at radius 2 is 2.35 bits per heavy atom. The molecule has 5 heteroatoms. The Morgan fingerprint density at radius 1 is 1.47 bits per heavy atom. The molecule has 90 valence electrons. The van der Waals surface area contributed by atoms with E-state index in [1.54, 1.807) is 11.3 Å². The summed E-state index contributed by atoms with van der Waals surface area (Å²) in [5.74, 6) is 2.25. The third-order valence-electron chi connectivity index (χ3n) is 2.97. The summed E-state index contributed by atoms with van der Waals surface area (Å²) in [5.41, 5.74) is 2.28. The monoisotopic (exact) mass is 249 g/mol. The first kappa shape index (κ1) is 10.9. The Balaban J connectivity index is 1.63. The highest BCUT2D eigenvalue weighted by Crippen LogP contribution is 2.27. The highest BCUT2D eigenvalue weighted by molar-refractivity contribution is 7.08. The molecule has 0 unspecified atom stereocenters. The van der Waals surface area contributed by atoms with E-state index < -0.39 is 0 Å². The lowest BCUT2D eigenvalue weighted by Crippen LogP contribution is -2.16. The number of thiophene rings is 1. The summed E-state index contributed by atoms with van der Waals surface area (Å²) in [6.45, 7) is 3.80. The van der Waals surface area contributed by atoms with Crippen molar-refractivity contribution in [3.63, 3.8) is 0 Å². The number of nitrogens with one attached hydrogen (secondary N) is 1. The van der Waals surface area contributed by atoms with Crippen LogP contribution in [0.25, 0.3) is 11.4 Å². The van der Waals surface area contributed by atoms with E-state index in [2.05, 4.69) is 33.1 Å². The summed E-state index contributed by atoms with van der Waals surface area (Å²) in [7, 11) is 0. The first-order valence-corrected chi connectivity index (χ1v) is 6.83. The lowest BCUT2D eigenvalue weighted by Gasteiger charge is -1.97. The molecule has 0 aromatic carbocycles. The zero-order valence-corrected chi connectivity index (χ0v) is 10.6. The van der Waals surface area contributed by atoms with Crippen LogP contribution in [-0.2, 0) is 6.54 Å². The van der Waals surface area contributed by atoms with Crippen LogP contribution in [0.2, 0.25) is 0 Å². The zero-order chi connectivity index (χ0) is 11.7. The van der Waals surface area contributed by atoms with Gasteiger partial charge in [-0.1, -0.05) is 5.16 Å². The van der Waals surface area contributed by atoms with Gasteiger partial charge < -0.3 is 9.84 Å². The molecule has 2 heterocycles. The Morgan fingerprint density at radius 3 is 3.06 bits per heavy atom. The average molecular weight is 249 g/mol. The molecule has 1 saturated carbocycles. The van der Waals surface area contributed by atoms with Crippen LogP contribution in [0.15, 0.2) is 15.3 Å². The van der Waals surface area contributed by atoms with E-state index in [0.29, 0.717) is 18.3 Å². The summed E-state index contributed by atoms with van der Waals surface area (Å²) >= 11 is 1.66. The lowest BCUT2D eigenvalue weighted by atomic mass is 10.2. The Kier molecular flexibility index (Phi) is 2.94. The average Bonchev–Trinajstić information content (AvgIpc) is 2.85. The third-order valence-corrected chi connectivity index (χ3v) is 3.83. The van der Waals surface area contributed by atoms with Crippen LogP contribution >= 0.6 is 11.3 Å². The van der Waals surface area contributed by atoms with E-state index in [-0.39, 0.29) is 0 Å². The highest BCUT2D eigenvalue weighted by atomic mass is 32.1. The summed E-state index contributed by atoms with van der Waals surface area (Å²) in [6.07, 6.45) is 2.71. The molecule has 0 bridgehead atoms.